The van der Waals surface area contributed by atoms with Gasteiger partial charge in [-0.05, 0) is 12.8 Å². The van der Waals surface area contributed by atoms with Gasteiger partial charge in [-0.15, -0.1) is 0 Å². The molecule has 9 heteroatoms. The van der Waals surface area contributed by atoms with Crippen LogP contribution in [0.25, 0.3) is 32.2 Å². The third-order valence-corrected chi connectivity index (χ3v) is 8.38. The number of ether oxygens (including phenoxy) is 1. The van der Waals surface area contributed by atoms with Crippen molar-refractivity contribution in [3.8, 4) is 17.1 Å². The fourth-order valence-corrected chi connectivity index (χ4v) is 6.31. The summed E-state index contributed by atoms with van der Waals surface area (Å²) in [6.07, 6.45) is 2.68. The maximum atomic E-state index is 12.7. The Labute approximate surface area is 184 Å². The quantitative estimate of drug-likeness (QED) is 0.384. The Morgan fingerprint density at radius 3 is 2.71 bits per heavy atom. The Bertz CT molecular complexity index is 1340. The first-order valence-electron chi connectivity index (χ1n) is 10.6. The van der Waals surface area contributed by atoms with E-state index >= 15 is 0 Å². The molecule has 4 N–H and O–H groups in total. The maximum absolute atomic E-state index is 12.7. The first-order valence-corrected chi connectivity index (χ1v) is 12.4. The van der Waals surface area contributed by atoms with E-state index in [2.05, 4.69) is 30.8 Å². The van der Waals surface area contributed by atoms with Gasteiger partial charge < -0.3 is 0 Å². The van der Waals surface area contributed by atoms with Crippen molar-refractivity contribution in [1.82, 2.24) is 19.9 Å². The molecule has 0 bridgehead atoms. The summed E-state index contributed by atoms with van der Waals surface area (Å²) in [5.74, 6) is 1.30. The SMILES string of the molecule is COc1cc2nc(-c3c(N)c4[se]ccc4[nH]c3=O)[nH]c2cc1N1CCN(C2CC2)CC1. The van der Waals surface area contributed by atoms with Crippen molar-refractivity contribution in [3.63, 3.8) is 0 Å². The number of hydrogen-bond donors (Lipinski definition) is 3. The van der Waals surface area contributed by atoms with E-state index in [-0.39, 0.29) is 20.1 Å². The van der Waals surface area contributed by atoms with Crippen LogP contribution in [0.3, 0.4) is 0 Å². The molecular weight excluding hydrogens is 459 g/mol. The Kier molecular flexibility index (Phi) is 4.38. The number of hydrogen-bond acceptors (Lipinski definition) is 6. The Morgan fingerprint density at radius 1 is 1.16 bits per heavy atom. The molecule has 1 saturated carbocycles. The van der Waals surface area contributed by atoms with E-state index in [9.17, 15) is 4.79 Å². The van der Waals surface area contributed by atoms with Crippen molar-refractivity contribution < 1.29 is 4.74 Å². The van der Waals surface area contributed by atoms with Gasteiger partial charge in [0.05, 0.1) is 0 Å². The first-order chi connectivity index (χ1) is 15.1. The fraction of sp³-hybridized carbons (Fsp3) is 0.364. The van der Waals surface area contributed by atoms with Gasteiger partial charge in [0, 0.05) is 6.04 Å². The number of aromatic amines is 2. The summed E-state index contributed by atoms with van der Waals surface area (Å²) in [6, 6.07) is 6.76. The number of anilines is 2. The van der Waals surface area contributed by atoms with Gasteiger partial charge in [-0.3, -0.25) is 0 Å². The number of pyridine rings is 1. The molecule has 1 aliphatic heterocycles. The zero-order chi connectivity index (χ0) is 21.1. The number of H-pyrrole nitrogens is 2. The van der Waals surface area contributed by atoms with Gasteiger partial charge in [0.25, 0.3) is 0 Å². The van der Waals surface area contributed by atoms with Gasteiger partial charge in [0.1, 0.15) is 0 Å². The number of benzene rings is 1. The van der Waals surface area contributed by atoms with Crippen LogP contribution in [0.1, 0.15) is 12.8 Å². The van der Waals surface area contributed by atoms with Crippen molar-refractivity contribution in [2.45, 2.75) is 18.9 Å². The van der Waals surface area contributed by atoms with E-state index in [1.165, 1.54) is 12.8 Å². The summed E-state index contributed by atoms with van der Waals surface area (Å²) in [5, 5.41) is 0. The summed E-state index contributed by atoms with van der Waals surface area (Å²) in [7, 11) is 1.69. The summed E-state index contributed by atoms with van der Waals surface area (Å²) < 4.78 is 6.72. The molecule has 3 aromatic heterocycles. The van der Waals surface area contributed by atoms with Crippen LogP contribution in [-0.4, -0.2) is 73.7 Å². The summed E-state index contributed by atoms with van der Waals surface area (Å²) in [6.45, 7) is 4.12. The normalized spacial score (nSPS) is 17.6. The Hall–Kier alpha value is -2.74. The minimum absolute atomic E-state index is 0.128. The number of rotatable bonds is 4. The second-order valence-corrected chi connectivity index (χ2v) is 10.2. The molecule has 6 rings (SSSR count). The third-order valence-electron chi connectivity index (χ3n) is 6.39. The standard InChI is InChI=1S/C22H24N6O2Se/c1-30-17-11-15-14(10-16(17)28-7-5-27(6-8-28)12-2-3-12)24-21(25-15)18-19(23)20-13(4-9-31-20)26-22(18)29/h4,9-12H,2-3,5-8H2,1H3,(H,24,25)(H3,23,26,29). The molecule has 2 aliphatic rings. The summed E-state index contributed by atoms with van der Waals surface area (Å²) in [4.78, 5) is 30.7. The number of nitrogen functional groups attached to an aromatic ring is 1. The van der Waals surface area contributed by atoms with Crippen molar-refractivity contribution in [2.24, 2.45) is 0 Å². The molecule has 4 aromatic rings. The number of fused-ring (bicyclic) bond motifs is 2. The molecule has 1 aromatic carbocycles. The van der Waals surface area contributed by atoms with E-state index in [1.54, 1.807) is 7.11 Å². The van der Waals surface area contributed by atoms with Crippen LogP contribution in [0.4, 0.5) is 11.4 Å². The van der Waals surface area contributed by atoms with E-state index in [0.717, 1.165) is 64.5 Å². The van der Waals surface area contributed by atoms with E-state index < -0.39 is 0 Å². The molecule has 0 radical (unpaired) electrons. The van der Waals surface area contributed by atoms with Crippen LogP contribution >= 0.6 is 0 Å². The van der Waals surface area contributed by atoms with Gasteiger partial charge in [-0.2, -0.15) is 0 Å². The molecule has 2 fully saturated rings. The number of imidazole rings is 1. The number of methoxy groups -OCH3 is 1. The topological polar surface area (TPSA) is 103 Å². The first kappa shape index (κ1) is 19.0. The molecule has 160 valence electrons. The van der Waals surface area contributed by atoms with Crippen LogP contribution in [0, 0.1) is 0 Å². The van der Waals surface area contributed by atoms with Crippen molar-refractivity contribution in [3.05, 3.63) is 33.5 Å². The minimum atomic E-state index is -0.221. The zero-order valence-corrected chi connectivity index (χ0v) is 19.0. The van der Waals surface area contributed by atoms with E-state index in [0.29, 0.717) is 17.1 Å². The molecule has 0 unspecified atom stereocenters. The summed E-state index contributed by atoms with van der Waals surface area (Å²) in [5.41, 5.74) is 10.6. The number of piperazine rings is 1. The Balaban J connectivity index is 1.40. The predicted octanol–water partition coefficient (Wildman–Crippen LogP) is 2.00. The fourth-order valence-electron chi connectivity index (χ4n) is 4.59. The van der Waals surface area contributed by atoms with Crippen LogP contribution < -0.4 is 20.9 Å². The molecular formula is C22H24N6O2Se. The molecule has 0 amide bonds. The van der Waals surface area contributed by atoms with Crippen LogP contribution in [0.15, 0.2) is 27.9 Å². The number of nitrogens with zero attached hydrogens (tertiary/aromatic N) is 3. The van der Waals surface area contributed by atoms with Gasteiger partial charge in [-0.1, -0.05) is 0 Å². The van der Waals surface area contributed by atoms with Crippen LogP contribution in [0.5, 0.6) is 5.75 Å². The molecule has 0 spiro atoms. The monoisotopic (exact) mass is 484 g/mol. The van der Waals surface area contributed by atoms with Crippen LogP contribution in [-0.2, 0) is 0 Å². The third kappa shape index (κ3) is 3.15. The molecule has 4 heterocycles. The van der Waals surface area contributed by atoms with Crippen molar-refractivity contribution in [1.29, 1.82) is 0 Å². The molecule has 1 aliphatic carbocycles. The van der Waals surface area contributed by atoms with Gasteiger partial charge in [0.2, 0.25) is 0 Å². The number of aromatic nitrogens is 3. The van der Waals surface area contributed by atoms with Crippen molar-refractivity contribution in [2.75, 3.05) is 43.9 Å². The molecule has 31 heavy (non-hydrogen) atoms. The number of nitrogens with one attached hydrogen (secondary N) is 2. The zero-order valence-electron chi connectivity index (χ0n) is 17.3. The average molecular weight is 483 g/mol. The van der Waals surface area contributed by atoms with Crippen LogP contribution in [0.2, 0.25) is 0 Å². The second kappa shape index (κ2) is 7.15. The van der Waals surface area contributed by atoms with Crippen molar-refractivity contribution >= 4 is 46.7 Å². The van der Waals surface area contributed by atoms with E-state index in [1.807, 2.05) is 12.1 Å². The van der Waals surface area contributed by atoms with Gasteiger partial charge >= 0.3 is 166 Å². The summed E-state index contributed by atoms with van der Waals surface area (Å²) >= 11 is 0.128. The average Bonchev–Trinajstić information content (AvgIpc) is 3.38. The molecule has 0 atom stereocenters. The predicted molar refractivity (Wildman–Crippen MR) is 124 cm³/mol. The van der Waals surface area contributed by atoms with Gasteiger partial charge in [0.15, 0.2) is 0 Å². The second-order valence-electron chi connectivity index (χ2n) is 8.29. The Morgan fingerprint density at radius 2 is 1.97 bits per heavy atom. The number of nitrogens with two attached hydrogens (primary N) is 1. The molecule has 1 saturated heterocycles. The molecule has 8 nitrogen and oxygen atoms in total. The van der Waals surface area contributed by atoms with Gasteiger partial charge in [-0.25, -0.2) is 0 Å². The van der Waals surface area contributed by atoms with E-state index in [4.69, 9.17) is 15.5 Å².